The number of aromatic nitrogens is 2. The lowest BCUT2D eigenvalue weighted by Gasteiger charge is -2.10. The van der Waals surface area contributed by atoms with Crippen molar-refractivity contribution >= 4 is 54.4 Å². The van der Waals surface area contributed by atoms with E-state index in [2.05, 4.69) is 0 Å². The molecule has 0 saturated heterocycles. The summed E-state index contributed by atoms with van der Waals surface area (Å²) in [5.74, 6) is 0. The van der Waals surface area contributed by atoms with Gasteiger partial charge in [0.05, 0.1) is 41.3 Å². The molecule has 0 aliphatic heterocycles. The number of hydrogen-bond acceptors (Lipinski definition) is 0. The molecule has 0 atom stereocenters. The van der Waals surface area contributed by atoms with Gasteiger partial charge in [-0.15, -0.1) is 0 Å². The van der Waals surface area contributed by atoms with Crippen LogP contribution in [-0.2, 0) is 0 Å². The molecule has 0 spiro atoms. The van der Waals surface area contributed by atoms with Crippen LogP contribution in [0.15, 0.2) is 157 Å². The summed E-state index contributed by atoms with van der Waals surface area (Å²) in [5.41, 5.74) is -0.154. The second-order valence-corrected chi connectivity index (χ2v) is 9.93. The highest BCUT2D eigenvalue weighted by atomic mass is 15.0. The van der Waals surface area contributed by atoms with Crippen LogP contribution in [0.1, 0.15) is 19.2 Å². The van der Waals surface area contributed by atoms with Crippen LogP contribution in [0.4, 0.5) is 0 Å². The second-order valence-electron chi connectivity index (χ2n) is 9.93. The summed E-state index contributed by atoms with van der Waals surface area (Å²) in [5, 5.41) is 1.26. The van der Waals surface area contributed by atoms with Gasteiger partial charge < -0.3 is 9.13 Å². The van der Waals surface area contributed by atoms with E-state index in [4.69, 9.17) is 11.0 Å². The van der Waals surface area contributed by atoms with E-state index in [1.165, 1.54) is 9.13 Å². The predicted molar refractivity (Wildman–Crippen MR) is 178 cm³/mol. The summed E-state index contributed by atoms with van der Waals surface area (Å²) in [6.07, 6.45) is 0. The van der Waals surface area contributed by atoms with Gasteiger partial charge in [0.15, 0.2) is 0 Å². The molecule has 0 saturated carbocycles. The van der Waals surface area contributed by atoms with Crippen molar-refractivity contribution in [3.05, 3.63) is 157 Å². The molecule has 0 aliphatic rings. The Labute approximate surface area is 263 Å². The summed E-state index contributed by atoms with van der Waals surface area (Å²) in [6, 6.07) is 14.0. The monoisotopic (exact) mass is 548 g/mol. The summed E-state index contributed by atoms with van der Waals surface area (Å²) < 4.78 is 130. The van der Waals surface area contributed by atoms with Crippen LogP contribution in [-0.4, -0.2) is 9.13 Å². The Morgan fingerprint density at radius 3 is 1.57 bits per heavy atom. The highest BCUT2D eigenvalue weighted by Gasteiger charge is 2.16. The van der Waals surface area contributed by atoms with Crippen LogP contribution in [0.25, 0.3) is 76.9 Å². The summed E-state index contributed by atoms with van der Waals surface area (Å²) in [4.78, 5) is 0. The SMILES string of the molecule is [2H]c1c([2H])c([2H])c2c(c1[2H])c1c([2H])c(-c3c([2H])c([2H])c4c(c3[2H])c3c([2H])c([2H])c([2H])c([2H])c3n4-c3ccc4ccccc4c3)c([2H])c([2H])c1n2-c1ccccc1. The third kappa shape index (κ3) is 3.39. The van der Waals surface area contributed by atoms with E-state index in [-0.39, 0.29) is 43.6 Å². The standard InChI is InChI=1S/C40H26N2/c1-2-12-31(13-3-1)41-37-16-8-6-14-33(37)35-25-29(19-22-39(35)41)30-20-23-40-36(26-30)34-15-7-9-17-38(34)42(40)32-21-18-27-10-4-5-11-28(27)24-32/h1-26H/i6D,7D,8D,9D,14D,15D,16D,17D,19D,20D,22D,23D,25D,26D. The van der Waals surface area contributed by atoms with Crippen molar-refractivity contribution in [1.82, 2.24) is 9.13 Å². The summed E-state index contributed by atoms with van der Waals surface area (Å²) >= 11 is 0. The Kier molecular flexibility index (Phi) is 2.85. The molecule has 0 radical (unpaired) electrons. The average molecular weight is 549 g/mol. The number of fused-ring (bicyclic) bond motifs is 7. The highest BCUT2D eigenvalue weighted by molar-refractivity contribution is 6.12. The van der Waals surface area contributed by atoms with Crippen LogP contribution in [0, 0.1) is 0 Å². The molecule has 9 aromatic rings. The second kappa shape index (κ2) is 8.95. The summed E-state index contributed by atoms with van der Waals surface area (Å²) in [6.45, 7) is 0. The first kappa shape index (κ1) is 13.4. The third-order valence-electron chi connectivity index (χ3n) is 7.57. The van der Waals surface area contributed by atoms with Crippen LogP contribution in [0.5, 0.6) is 0 Å². The minimum atomic E-state index is -0.600. The minimum Gasteiger partial charge on any atom is -0.309 e. The molecule has 0 aliphatic carbocycles. The number of benzene rings is 7. The van der Waals surface area contributed by atoms with Gasteiger partial charge in [-0.2, -0.15) is 0 Å². The van der Waals surface area contributed by atoms with Crippen molar-refractivity contribution in [2.24, 2.45) is 0 Å². The fraction of sp³-hybridized carbons (Fsp3) is 0. The lowest BCUT2D eigenvalue weighted by Crippen LogP contribution is -1.93. The molecule has 0 fully saturated rings. The number of rotatable bonds is 3. The van der Waals surface area contributed by atoms with Gasteiger partial charge in [-0.3, -0.25) is 0 Å². The van der Waals surface area contributed by atoms with Crippen LogP contribution in [0.3, 0.4) is 0 Å². The van der Waals surface area contributed by atoms with Crippen molar-refractivity contribution in [3.8, 4) is 22.5 Å². The lowest BCUT2D eigenvalue weighted by atomic mass is 10.0. The molecule has 2 aromatic heterocycles. The largest absolute Gasteiger partial charge is 0.309 e. The van der Waals surface area contributed by atoms with E-state index in [1.807, 2.05) is 30.3 Å². The Balaban J connectivity index is 1.49. The fourth-order valence-electron chi connectivity index (χ4n) is 5.69. The smallest absolute Gasteiger partial charge is 0.0645 e. The van der Waals surface area contributed by atoms with E-state index >= 15 is 0 Å². The topological polar surface area (TPSA) is 9.86 Å². The van der Waals surface area contributed by atoms with Gasteiger partial charge in [0.2, 0.25) is 0 Å². The predicted octanol–water partition coefficient (Wildman–Crippen LogP) is 10.7. The number of nitrogens with zero attached hydrogens (tertiary/aromatic N) is 2. The van der Waals surface area contributed by atoms with Gasteiger partial charge in [0, 0.05) is 32.9 Å². The maximum atomic E-state index is 9.68. The van der Waals surface area contributed by atoms with Crippen LogP contribution < -0.4 is 0 Å². The molecule has 196 valence electrons. The van der Waals surface area contributed by atoms with Crippen molar-refractivity contribution in [2.75, 3.05) is 0 Å². The average Bonchev–Trinajstić information content (AvgIpc) is 3.76. The Hall–Kier alpha value is -5.60. The molecule has 2 heteroatoms. The number of hydrogen-bond donors (Lipinski definition) is 0. The molecule has 0 bridgehead atoms. The molecule has 0 unspecified atom stereocenters. The first-order chi connectivity index (χ1) is 26.7. The van der Waals surface area contributed by atoms with Gasteiger partial charge in [0.25, 0.3) is 0 Å². The van der Waals surface area contributed by atoms with Gasteiger partial charge in [0.1, 0.15) is 0 Å². The van der Waals surface area contributed by atoms with Gasteiger partial charge in [-0.25, -0.2) is 0 Å². The first-order valence-corrected chi connectivity index (χ1v) is 13.3. The van der Waals surface area contributed by atoms with Crippen molar-refractivity contribution in [3.63, 3.8) is 0 Å². The minimum absolute atomic E-state index is 0.0287. The zero-order valence-electron chi connectivity index (χ0n) is 35.8. The maximum Gasteiger partial charge on any atom is 0.0645 e. The quantitative estimate of drug-likeness (QED) is 0.208. The zero-order chi connectivity index (χ0) is 39.8. The highest BCUT2D eigenvalue weighted by Crippen LogP contribution is 2.38. The van der Waals surface area contributed by atoms with Gasteiger partial charge >= 0.3 is 0 Å². The third-order valence-corrected chi connectivity index (χ3v) is 7.57. The van der Waals surface area contributed by atoms with Crippen molar-refractivity contribution in [2.45, 2.75) is 0 Å². The van der Waals surface area contributed by atoms with Crippen LogP contribution >= 0.6 is 0 Å². The van der Waals surface area contributed by atoms with Gasteiger partial charge in [-0.1, -0.05) is 96.9 Å². The molecular formula is C40H26N2. The number of para-hydroxylation sites is 3. The Morgan fingerprint density at radius 2 is 0.929 bits per heavy atom. The zero-order valence-corrected chi connectivity index (χ0v) is 21.8. The molecule has 7 aromatic carbocycles. The Morgan fingerprint density at radius 1 is 0.405 bits per heavy atom. The molecule has 0 amide bonds. The molecule has 9 rings (SSSR count). The lowest BCUT2D eigenvalue weighted by molar-refractivity contribution is 1.18. The van der Waals surface area contributed by atoms with Crippen molar-refractivity contribution in [1.29, 1.82) is 0 Å². The van der Waals surface area contributed by atoms with Crippen LogP contribution in [0.2, 0.25) is 0 Å². The molecule has 2 heterocycles. The maximum absolute atomic E-state index is 9.68. The molecule has 0 N–H and O–H groups in total. The Bertz CT molecular complexity index is 3240. The molecule has 2 nitrogen and oxygen atoms in total. The van der Waals surface area contributed by atoms with E-state index in [0.29, 0.717) is 11.4 Å². The van der Waals surface area contributed by atoms with Gasteiger partial charge in [-0.05, 0) is 82.4 Å². The fourth-order valence-corrected chi connectivity index (χ4v) is 5.69. The van der Waals surface area contributed by atoms with E-state index in [1.54, 1.807) is 42.5 Å². The van der Waals surface area contributed by atoms with E-state index in [9.17, 15) is 8.22 Å². The van der Waals surface area contributed by atoms with E-state index < -0.39 is 95.7 Å². The first-order valence-electron chi connectivity index (χ1n) is 20.3. The van der Waals surface area contributed by atoms with Crippen molar-refractivity contribution < 1.29 is 19.2 Å². The molecule has 42 heavy (non-hydrogen) atoms. The normalized spacial score (nSPS) is 16.5. The summed E-state index contributed by atoms with van der Waals surface area (Å²) in [7, 11) is 0. The van der Waals surface area contributed by atoms with E-state index in [0.717, 1.165) is 10.8 Å². The molecular weight excluding hydrogens is 508 g/mol.